The zero-order valence-corrected chi connectivity index (χ0v) is 7.30. The molecule has 0 N–H and O–H groups in total. The molecule has 0 aromatic carbocycles. The summed E-state index contributed by atoms with van der Waals surface area (Å²) in [6.07, 6.45) is -4.34. The van der Waals surface area contributed by atoms with E-state index in [-0.39, 0.29) is 0 Å². The van der Waals surface area contributed by atoms with E-state index in [2.05, 4.69) is 4.98 Å². The van der Waals surface area contributed by atoms with Crippen LogP contribution in [0.4, 0.5) is 17.6 Å². The number of rotatable bonds is 0. The van der Waals surface area contributed by atoms with Crippen molar-refractivity contribution in [3.05, 3.63) is 27.8 Å². The van der Waals surface area contributed by atoms with Crippen LogP contribution in [0, 0.1) is 5.82 Å². The first-order valence-corrected chi connectivity index (χ1v) is 3.66. The minimum atomic E-state index is -4.73. The van der Waals surface area contributed by atoms with Gasteiger partial charge in [-0.05, 0) is 0 Å². The van der Waals surface area contributed by atoms with Crippen LogP contribution >= 0.6 is 23.2 Å². The zero-order chi connectivity index (χ0) is 10.2. The Morgan fingerprint density at radius 3 is 2.23 bits per heavy atom. The molecule has 1 aromatic rings. The van der Waals surface area contributed by atoms with Crippen LogP contribution in [0.15, 0.2) is 6.20 Å². The predicted octanol–water partition coefficient (Wildman–Crippen LogP) is 3.55. The van der Waals surface area contributed by atoms with Gasteiger partial charge in [-0.25, -0.2) is 9.37 Å². The lowest BCUT2D eigenvalue weighted by Gasteiger charge is -2.08. The smallest absolute Gasteiger partial charge is 0.241 e. The van der Waals surface area contributed by atoms with Crippen molar-refractivity contribution < 1.29 is 17.6 Å². The van der Waals surface area contributed by atoms with Crippen LogP contribution in [0.1, 0.15) is 5.56 Å². The van der Waals surface area contributed by atoms with Crippen LogP contribution in [-0.4, -0.2) is 4.98 Å². The van der Waals surface area contributed by atoms with E-state index in [0.717, 1.165) is 0 Å². The fraction of sp³-hybridized carbons (Fsp3) is 0.167. The lowest BCUT2D eigenvalue weighted by Crippen LogP contribution is -2.07. The van der Waals surface area contributed by atoms with Crippen LogP contribution in [-0.2, 0) is 6.18 Å². The van der Waals surface area contributed by atoms with E-state index in [1.54, 1.807) is 0 Å². The molecule has 0 aliphatic carbocycles. The normalized spacial score (nSPS) is 11.8. The summed E-state index contributed by atoms with van der Waals surface area (Å²) in [6, 6.07) is 0. The van der Waals surface area contributed by atoms with Crippen molar-refractivity contribution in [2.24, 2.45) is 0 Å². The predicted molar refractivity (Wildman–Crippen MR) is 39.2 cm³/mol. The van der Waals surface area contributed by atoms with E-state index < -0.39 is 27.7 Å². The van der Waals surface area contributed by atoms with Crippen LogP contribution in [0.5, 0.6) is 0 Å². The highest BCUT2D eigenvalue weighted by atomic mass is 35.5. The van der Waals surface area contributed by atoms with Gasteiger partial charge in [0.1, 0.15) is 0 Å². The molecule has 0 fully saturated rings. The second kappa shape index (κ2) is 3.31. The topological polar surface area (TPSA) is 12.9 Å². The van der Waals surface area contributed by atoms with Crippen molar-refractivity contribution in [2.45, 2.75) is 6.18 Å². The van der Waals surface area contributed by atoms with Gasteiger partial charge in [-0.2, -0.15) is 13.2 Å². The molecule has 1 aromatic heterocycles. The molecule has 0 unspecified atom stereocenters. The van der Waals surface area contributed by atoms with Gasteiger partial charge in [-0.1, -0.05) is 23.2 Å². The summed E-state index contributed by atoms with van der Waals surface area (Å²) >= 11 is 10.2. The van der Waals surface area contributed by atoms with E-state index in [1.165, 1.54) is 0 Å². The first kappa shape index (κ1) is 10.5. The van der Waals surface area contributed by atoms with Gasteiger partial charge < -0.3 is 0 Å². The fourth-order valence-electron chi connectivity index (χ4n) is 0.641. The molecule has 7 heteroatoms. The molecule has 1 nitrogen and oxygen atoms in total. The Labute approximate surface area is 80.3 Å². The van der Waals surface area contributed by atoms with Gasteiger partial charge in [0.05, 0.1) is 10.6 Å². The maximum absolute atomic E-state index is 12.7. The molecule has 0 spiro atoms. The van der Waals surface area contributed by atoms with E-state index in [4.69, 9.17) is 23.2 Å². The molecule has 0 aliphatic heterocycles. The Kier molecular flexibility index (Phi) is 2.68. The Hall–Kier alpha value is -0.550. The zero-order valence-electron chi connectivity index (χ0n) is 5.79. The molecule has 13 heavy (non-hydrogen) atoms. The summed E-state index contributed by atoms with van der Waals surface area (Å²) in [5.41, 5.74) is -1.34. The fourth-order valence-corrected chi connectivity index (χ4v) is 1.08. The Bertz CT molecular complexity index is 336. The van der Waals surface area contributed by atoms with Crippen LogP contribution in [0.2, 0.25) is 10.2 Å². The standard InChI is InChI=1S/C6HCl2F4N/c7-3-2(6(10,11)12)1-13-5(8)4(3)9/h1H. The number of alkyl halides is 3. The summed E-state index contributed by atoms with van der Waals surface area (Å²) in [4.78, 5) is 2.99. The number of nitrogens with zero attached hydrogens (tertiary/aromatic N) is 1. The molecule has 0 atom stereocenters. The highest BCUT2D eigenvalue weighted by molar-refractivity contribution is 6.34. The van der Waals surface area contributed by atoms with Crippen LogP contribution < -0.4 is 0 Å². The number of halogens is 6. The van der Waals surface area contributed by atoms with Crippen LogP contribution in [0.3, 0.4) is 0 Å². The average molecular weight is 234 g/mol. The summed E-state index contributed by atoms with van der Waals surface area (Å²) < 4.78 is 48.8. The van der Waals surface area contributed by atoms with Crippen molar-refractivity contribution in [3.63, 3.8) is 0 Å². The van der Waals surface area contributed by atoms with Gasteiger partial charge in [0.2, 0.25) is 0 Å². The number of pyridine rings is 1. The van der Waals surface area contributed by atoms with Gasteiger partial charge in [0.25, 0.3) is 0 Å². The third-order valence-electron chi connectivity index (χ3n) is 1.22. The van der Waals surface area contributed by atoms with Gasteiger partial charge in [0, 0.05) is 6.20 Å². The third kappa shape index (κ3) is 2.03. The van der Waals surface area contributed by atoms with Crippen molar-refractivity contribution in [2.75, 3.05) is 0 Å². The SMILES string of the molecule is Fc1c(Cl)ncc(C(F)(F)F)c1Cl. The van der Waals surface area contributed by atoms with E-state index >= 15 is 0 Å². The van der Waals surface area contributed by atoms with Crippen molar-refractivity contribution in [1.29, 1.82) is 0 Å². The molecule has 0 saturated carbocycles. The van der Waals surface area contributed by atoms with Gasteiger partial charge >= 0.3 is 6.18 Å². The number of hydrogen-bond acceptors (Lipinski definition) is 1. The van der Waals surface area contributed by atoms with Gasteiger partial charge in [-0.15, -0.1) is 0 Å². The van der Waals surface area contributed by atoms with Crippen LogP contribution in [0.25, 0.3) is 0 Å². The van der Waals surface area contributed by atoms with Crippen molar-refractivity contribution in [3.8, 4) is 0 Å². The Balaban J connectivity index is 3.35. The molecule has 0 amide bonds. The second-order valence-corrected chi connectivity index (χ2v) is 2.82. The molecule has 1 rings (SSSR count). The maximum atomic E-state index is 12.7. The summed E-state index contributed by atoms with van der Waals surface area (Å²) in [7, 11) is 0. The highest BCUT2D eigenvalue weighted by Crippen LogP contribution is 2.36. The van der Waals surface area contributed by atoms with E-state index in [0.29, 0.717) is 6.20 Å². The molecule has 0 saturated heterocycles. The Morgan fingerprint density at radius 2 is 1.77 bits per heavy atom. The monoisotopic (exact) mass is 233 g/mol. The van der Waals surface area contributed by atoms with Gasteiger partial charge in [0.15, 0.2) is 11.0 Å². The largest absolute Gasteiger partial charge is 0.419 e. The molecular formula is C6HCl2F4N. The van der Waals surface area contributed by atoms with Crippen molar-refractivity contribution in [1.82, 2.24) is 4.98 Å². The average Bonchev–Trinajstić information content (AvgIpc) is 1.98. The molecular weight excluding hydrogens is 233 g/mol. The third-order valence-corrected chi connectivity index (χ3v) is 1.86. The Morgan fingerprint density at radius 1 is 1.23 bits per heavy atom. The summed E-state index contributed by atoms with van der Waals surface area (Å²) in [5.74, 6) is -1.36. The lowest BCUT2D eigenvalue weighted by atomic mass is 10.3. The minimum absolute atomic E-state index is 0.383. The first-order chi connectivity index (χ1) is 5.84. The second-order valence-electron chi connectivity index (χ2n) is 2.09. The minimum Gasteiger partial charge on any atom is -0.241 e. The lowest BCUT2D eigenvalue weighted by molar-refractivity contribution is -0.137. The quantitative estimate of drug-likeness (QED) is 0.494. The van der Waals surface area contributed by atoms with Gasteiger partial charge in [-0.3, -0.25) is 0 Å². The molecule has 0 bridgehead atoms. The maximum Gasteiger partial charge on any atom is 0.419 e. The molecule has 72 valence electrons. The number of hydrogen-bond donors (Lipinski definition) is 0. The summed E-state index contributed by atoms with van der Waals surface area (Å²) in [5, 5.41) is -1.74. The van der Waals surface area contributed by atoms with Crippen molar-refractivity contribution >= 4 is 23.2 Å². The first-order valence-electron chi connectivity index (χ1n) is 2.90. The molecule has 1 heterocycles. The van der Waals surface area contributed by atoms with E-state index in [9.17, 15) is 17.6 Å². The number of aromatic nitrogens is 1. The highest BCUT2D eigenvalue weighted by Gasteiger charge is 2.35. The molecule has 0 radical (unpaired) electrons. The summed E-state index contributed by atoms with van der Waals surface area (Å²) in [6.45, 7) is 0. The molecule has 0 aliphatic rings. The van der Waals surface area contributed by atoms with E-state index in [1.807, 2.05) is 0 Å².